The molecule has 1 aliphatic rings. The lowest BCUT2D eigenvalue weighted by molar-refractivity contribution is 0.621. The van der Waals surface area contributed by atoms with Crippen molar-refractivity contribution in [3.63, 3.8) is 0 Å². The SMILES string of the molecule is Cc1cc(N)n(/N=C\[C@H]2CC=CCC2)c(=O)c1. The van der Waals surface area contributed by atoms with Gasteiger partial charge in [-0.3, -0.25) is 4.79 Å². The number of aryl methyl sites for hydroxylation is 1. The van der Waals surface area contributed by atoms with E-state index in [2.05, 4.69) is 17.3 Å². The summed E-state index contributed by atoms with van der Waals surface area (Å²) in [5.41, 5.74) is 6.46. The molecule has 0 aromatic carbocycles. The van der Waals surface area contributed by atoms with Gasteiger partial charge >= 0.3 is 0 Å². The first-order chi connectivity index (χ1) is 8.16. The van der Waals surface area contributed by atoms with Gasteiger partial charge < -0.3 is 5.73 Å². The lowest BCUT2D eigenvalue weighted by atomic mass is 9.96. The molecule has 1 aromatic heterocycles. The molecule has 4 heteroatoms. The summed E-state index contributed by atoms with van der Waals surface area (Å²) < 4.78 is 1.26. The second-order valence-electron chi connectivity index (χ2n) is 4.42. The Morgan fingerprint density at radius 2 is 2.29 bits per heavy atom. The maximum absolute atomic E-state index is 11.7. The van der Waals surface area contributed by atoms with E-state index in [1.54, 1.807) is 6.07 Å². The van der Waals surface area contributed by atoms with Gasteiger partial charge in [0.05, 0.1) is 0 Å². The van der Waals surface area contributed by atoms with Crippen LogP contribution in [0.5, 0.6) is 0 Å². The Morgan fingerprint density at radius 3 is 2.94 bits per heavy atom. The Hall–Kier alpha value is -1.84. The third-order valence-corrected chi connectivity index (χ3v) is 2.88. The minimum atomic E-state index is -0.176. The van der Waals surface area contributed by atoms with E-state index >= 15 is 0 Å². The highest BCUT2D eigenvalue weighted by Gasteiger charge is 2.07. The molecule has 0 radical (unpaired) electrons. The van der Waals surface area contributed by atoms with E-state index in [0.29, 0.717) is 11.7 Å². The van der Waals surface area contributed by atoms with Crippen molar-refractivity contribution in [3.05, 3.63) is 40.2 Å². The molecule has 0 saturated carbocycles. The Bertz CT molecular complexity index is 514. The molecule has 2 N–H and O–H groups in total. The monoisotopic (exact) mass is 231 g/mol. The van der Waals surface area contributed by atoms with Gasteiger partial charge in [-0.2, -0.15) is 9.78 Å². The number of allylic oxidation sites excluding steroid dienone is 2. The number of hydrogen-bond acceptors (Lipinski definition) is 3. The molecule has 1 atom stereocenters. The summed E-state index contributed by atoms with van der Waals surface area (Å²) in [4.78, 5) is 11.7. The standard InChI is InChI=1S/C13H17N3O/c1-10-7-12(14)16(13(17)8-10)15-9-11-5-3-2-4-6-11/h2-3,7-9,11H,4-6,14H2,1H3/b15-9-/t11-/m0/s1. The van der Waals surface area contributed by atoms with Crippen LogP contribution in [-0.2, 0) is 0 Å². The zero-order valence-electron chi connectivity index (χ0n) is 9.97. The maximum Gasteiger partial charge on any atom is 0.273 e. The fourth-order valence-corrected chi connectivity index (χ4v) is 1.96. The summed E-state index contributed by atoms with van der Waals surface area (Å²) in [7, 11) is 0. The molecule has 1 heterocycles. The summed E-state index contributed by atoms with van der Waals surface area (Å²) in [5.74, 6) is 0.796. The lowest BCUT2D eigenvalue weighted by Gasteiger charge is -2.12. The average molecular weight is 231 g/mol. The van der Waals surface area contributed by atoms with E-state index in [-0.39, 0.29) is 5.56 Å². The molecular weight excluding hydrogens is 214 g/mol. The molecule has 1 aromatic rings. The van der Waals surface area contributed by atoms with Crippen molar-refractivity contribution in [3.8, 4) is 0 Å². The Balaban J connectivity index is 2.21. The van der Waals surface area contributed by atoms with Crippen molar-refractivity contribution in [1.82, 2.24) is 4.68 Å². The summed E-state index contributed by atoms with van der Waals surface area (Å²) in [6, 6.07) is 3.29. The van der Waals surface area contributed by atoms with Crippen molar-refractivity contribution < 1.29 is 0 Å². The Labute approximate surface area is 100 Å². The van der Waals surface area contributed by atoms with Crippen LogP contribution in [0.25, 0.3) is 0 Å². The predicted molar refractivity (Wildman–Crippen MR) is 70.2 cm³/mol. The number of anilines is 1. The number of nitrogens with two attached hydrogens (primary N) is 1. The summed E-state index contributed by atoms with van der Waals surface area (Å²) in [6.07, 6.45) is 9.31. The maximum atomic E-state index is 11.7. The smallest absolute Gasteiger partial charge is 0.273 e. The van der Waals surface area contributed by atoms with Crippen LogP contribution in [0.2, 0.25) is 0 Å². The van der Waals surface area contributed by atoms with Crippen LogP contribution in [0, 0.1) is 12.8 Å². The summed E-state index contributed by atoms with van der Waals surface area (Å²) in [6.45, 7) is 1.84. The Morgan fingerprint density at radius 1 is 1.47 bits per heavy atom. The van der Waals surface area contributed by atoms with Crippen molar-refractivity contribution in [1.29, 1.82) is 0 Å². The summed E-state index contributed by atoms with van der Waals surface area (Å²) in [5, 5.41) is 4.19. The normalized spacial score (nSPS) is 19.9. The van der Waals surface area contributed by atoms with Crippen LogP contribution in [0.15, 0.2) is 34.2 Å². The minimum Gasteiger partial charge on any atom is -0.384 e. The van der Waals surface area contributed by atoms with Gasteiger partial charge in [0, 0.05) is 12.3 Å². The number of nitrogen functional groups attached to an aromatic ring is 1. The van der Waals surface area contributed by atoms with Gasteiger partial charge in [-0.15, -0.1) is 0 Å². The minimum absolute atomic E-state index is 0.176. The zero-order valence-corrected chi connectivity index (χ0v) is 9.97. The largest absolute Gasteiger partial charge is 0.384 e. The molecular formula is C13H17N3O. The van der Waals surface area contributed by atoms with Gasteiger partial charge in [0.25, 0.3) is 5.56 Å². The van der Waals surface area contributed by atoms with Crippen molar-refractivity contribution in [2.24, 2.45) is 11.0 Å². The number of pyridine rings is 1. The highest BCUT2D eigenvalue weighted by atomic mass is 16.1. The number of hydrogen-bond donors (Lipinski definition) is 1. The fraction of sp³-hybridized carbons (Fsp3) is 0.385. The van der Waals surface area contributed by atoms with E-state index in [1.165, 1.54) is 10.7 Å². The number of aromatic nitrogens is 1. The van der Waals surface area contributed by atoms with Gasteiger partial charge in [0.1, 0.15) is 5.82 Å². The van der Waals surface area contributed by atoms with Gasteiger partial charge in [0.2, 0.25) is 0 Å². The number of nitrogens with zero attached hydrogens (tertiary/aromatic N) is 2. The molecule has 0 bridgehead atoms. The van der Waals surface area contributed by atoms with Crippen LogP contribution in [0.1, 0.15) is 24.8 Å². The predicted octanol–water partition coefficient (Wildman–Crippen LogP) is 1.93. The van der Waals surface area contributed by atoms with E-state index in [4.69, 9.17) is 5.73 Å². The molecule has 0 spiro atoms. The fourth-order valence-electron chi connectivity index (χ4n) is 1.96. The average Bonchev–Trinajstić information content (AvgIpc) is 2.29. The van der Waals surface area contributed by atoms with Crippen LogP contribution >= 0.6 is 0 Å². The number of rotatable bonds is 2. The van der Waals surface area contributed by atoms with E-state index in [9.17, 15) is 4.79 Å². The van der Waals surface area contributed by atoms with Crippen LogP contribution in [0.3, 0.4) is 0 Å². The second-order valence-corrected chi connectivity index (χ2v) is 4.42. The topological polar surface area (TPSA) is 60.4 Å². The van der Waals surface area contributed by atoms with Crippen LogP contribution < -0.4 is 11.3 Å². The molecule has 17 heavy (non-hydrogen) atoms. The molecule has 0 fully saturated rings. The van der Waals surface area contributed by atoms with Crippen LogP contribution in [-0.4, -0.2) is 10.9 Å². The van der Waals surface area contributed by atoms with Gasteiger partial charge in [-0.25, -0.2) is 0 Å². The highest BCUT2D eigenvalue weighted by Crippen LogP contribution is 2.16. The van der Waals surface area contributed by atoms with Gasteiger partial charge in [0.15, 0.2) is 0 Å². The second kappa shape index (κ2) is 4.99. The zero-order chi connectivity index (χ0) is 12.3. The molecule has 0 unspecified atom stereocenters. The molecule has 4 nitrogen and oxygen atoms in total. The van der Waals surface area contributed by atoms with E-state index in [0.717, 1.165) is 24.8 Å². The highest BCUT2D eigenvalue weighted by molar-refractivity contribution is 5.61. The van der Waals surface area contributed by atoms with E-state index < -0.39 is 0 Å². The molecule has 90 valence electrons. The third kappa shape index (κ3) is 2.84. The first-order valence-corrected chi connectivity index (χ1v) is 5.85. The lowest BCUT2D eigenvalue weighted by Crippen LogP contribution is -2.20. The van der Waals surface area contributed by atoms with Gasteiger partial charge in [-0.1, -0.05) is 12.2 Å². The van der Waals surface area contributed by atoms with Crippen LogP contribution in [0.4, 0.5) is 5.82 Å². The molecule has 0 aliphatic heterocycles. The van der Waals surface area contributed by atoms with Crippen molar-refractivity contribution >= 4 is 12.0 Å². The van der Waals surface area contributed by atoms with Gasteiger partial charge in [-0.05, 0) is 43.7 Å². The molecule has 0 amide bonds. The third-order valence-electron chi connectivity index (χ3n) is 2.88. The van der Waals surface area contributed by atoms with Crippen molar-refractivity contribution in [2.45, 2.75) is 26.2 Å². The first-order valence-electron chi connectivity index (χ1n) is 5.85. The first kappa shape index (κ1) is 11.6. The van der Waals surface area contributed by atoms with Crippen molar-refractivity contribution in [2.75, 3.05) is 5.73 Å². The molecule has 0 saturated heterocycles. The molecule has 1 aliphatic carbocycles. The summed E-state index contributed by atoms with van der Waals surface area (Å²) >= 11 is 0. The Kier molecular flexibility index (Phi) is 3.42. The molecule has 2 rings (SSSR count). The quantitative estimate of drug-likeness (QED) is 0.624. The van der Waals surface area contributed by atoms with E-state index in [1.807, 2.05) is 13.1 Å².